The zero-order valence-electron chi connectivity index (χ0n) is 10.8. The quantitative estimate of drug-likeness (QED) is 0.748. The van der Waals surface area contributed by atoms with E-state index in [4.69, 9.17) is 0 Å². The van der Waals surface area contributed by atoms with Crippen molar-refractivity contribution in [1.29, 1.82) is 0 Å². The fraction of sp³-hybridized carbons (Fsp3) is 0.571. The molecule has 0 radical (unpaired) electrons. The minimum absolute atomic E-state index is 0.353. The highest BCUT2D eigenvalue weighted by molar-refractivity contribution is 7.58. The van der Waals surface area contributed by atoms with Crippen LogP contribution in [0.3, 0.4) is 0 Å². The predicted molar refractivity (Wildman–Crippen MR) is 73.8 cm³/mol. The summed E-state index contributed by atoms with van der Waals surface area (Å²) in [5, 5.41) is 0. The molecule has 3 heteroatoms. The second-order valence-corrected chi connectivity index (χ2v) is 7.39. The number of benzene rings is 1. The van der Waals surface area contributed by atoms with Gasteiger partial charge >= 0.3 is 0 Å². The van der Waals surface area contributed by atoms with Crippen molar-refractivity contribution < 1.29 is 9.46 Å². The lowest BCUT2D eigenvalue weighted by atomic mass is 10.1. The molecule has 2 nitrogen and oxygen atoms in total. The van der Waals surface area contributed by atoms with Crippen molar-refractivity contribution >= 4 is 7.37 Å². The van der Waals surface area contributed by atoms with Crippen LogP contribution < -0.4 is 0 Å². The smallest absolute Gasteiger partial charge is 0.201 e. The monoisotopic (exact) mass is 254 g/mol. The zero-order chi connectivity index (χ0) is 12.7. The Morgan fingerprint density at radius 1 is 1.29 bits per heavy atom. The van der Waals surface area contributed by atoms with Gasteiger partial charge in [0.15, 0.2) is 0 Å². The largest absolute Gasteiger partial charge is 0.344 e. The second kappa shape index (κ2) is 6.98. The molecule has 1 aromatic carbocycles. The first kappa shape index (κ1) is 14.5. The Kier molecular flexibility index (Phi) is 5.94. The molecule has 1 N–H and O–H groups in total. The Hall–Kier alpha value is -0.590. The van der Waals surface area contributed by atoms with Gasteiger partial charge in [0.2, 0.25) is 7.37 Å². The maximum Gasteiger partial charge on any atom is 0.201 e. The van der Waals surface area contributed by atoms with Crippen molar-refractivity contribution in [3.8, 4) is 0 Å². The molecule has 2 unspecified atom stereocenters. The summed E-state index contributed by atoms with van der Waals surface area (Å²) in [6.45, 7) is 4.18. The van der Waals surface area contributed by atoms with Crippen LogP contribution in [0, 0.1) is 5.92 Å². The van der Waals surface area contributed by atoms with E-state index in [-0.39, 0.29) is 0 Å². The topological polar surface area (TPSA) is 37.3 Å². The number of aryl methyl sites for hydroxylation is 1. The van der Waals surface area contributed by atoms with E-state index in [1.807, 2.05) is 30.3 Å². The first-order valence-corrected chi connectivity index (χ1v) is 8.41. The summed E-state index contributed by atoms with van der Waals surface area (Å²) in [6.07, 6.45) is 3.70. The van der Waals surface area contributed by atoms with Gasteiger partial charge in [-0.05, 0) is 17.9 Å². The molecular weight excluding hydrogens is 231 g/mol. The molecule has 0 saturated heterocycles. The van der Waals surface area contributed by atoms with Gasteiger partial charge in [0.25, 0.3) is 0 Å². The summed E-state index contributed by atoms with van der Waals surface area (Å²) < 4.78 is 12.0. The number of rotatable bonds is 7. The van der Waals surface area contributed by atoms with E-state index >= 15 is 0 Å². The normalized spacial score (nSPS) is 16.4. The molecular formula is C14H23O2P. The van der Waals surface area contributed by atoms with Crippen molar-refractivity contribution in [2.24, 2.45) is 5.92 Å². The van der Waals surface area contributed by atoms with Crippen LogP contribution in [0.4, 0.5) is 0 Å². The Morgan fingerprint density at radius 3 is 2.53 bits per heavy atom. The molecule has 0 aliphatic carbocycles. The third-order valence-electron chi connectivity index (χ3n) is 2.97. The molecule has 0 saturated carbocycles. The molecule has 0 fully saturated rings. The fourth-order valence-corrected chi connectivity index (χ4v) is 4.06. The highest BCUT2D eigenvalue weighted by atomic mass is 31.2. The van der Waals surface area contributed by atoms with Crippen molar-refractivity contribution in [3.05, 3.63) is 35.9 Å². The van der Waals surface area contributed by atoms with Gasteiger partial charge in [0, 0.05) is 12.3 Å². The van der Waals surface area contributed by atoms with Gasteiger partial charge in [0.05, 0.1) is 0 Å². The van der Waals surface area contributed by atoms with E-state index in [1.165, 1.54) is 0 Å². The average Bonchev–Trinajstić information content (AvgIpc) is 2.27. The van der Waals surface area contributed by atoms with Gasteiger partial charge in [-0.15, -0.1) is 0 Å². The molecule has 17 heavy (non-hydrogen) atoms. The van der Waals surface area contributed by atoms with E-state index in [9.17, 15) is 9.46 Å². The molecule has 1 rings (SSSR count). The maximum atomic E-state index is 12.0. The zero-order valence-corrected chi connectivity index (χ0v) is 11.7. The van der Waals surface area contributed by atoms with Gasteiger partial charge in [-0.2, -0.15) is 0 Å². The SMILES string of the molecule is CCCC(C)CP(=O)(O)CCc1ccccc1. The maximum absolute atomic E-state index is 12.0. The van der Waals surface area contributed by atoms with Gasteiger partial charge in [-0.1, -0.05) is 57.0 Å². The number of hydrogen-bond acceptors (Lipinski definition) is 1. The summed E-state index contributed by atoms with van der Waals surface area (Å²) in [4.78, 5) is 9.93. The molecule has 1 aromatic rings. The molecule has 0 heterocycles. The van der Waals surface area contributed by atoms with Crippen molar-refractivity contribution in [1.82, 2.24) is 0 Å². The minimum Gasteiger partial charge on any atom is -0.344 e. The van der Waals surface area contributed by atoms with E-state index in [0.717, 1.165) is 18.4 Å². The summed E-state index contributed by atoms with van der Waals surface area (Å²) in [6, 6.07) is 9.92. The van der Waals surface area contributed by atoms with Crippen molar-refractivity contribution in [2.75, 3.05) is 12.3 Å². The Bertz CT molecular complexity index is 362. The highest BCUT2D eigenvalue weighted by Crippen LogP contribution is 2.43. The van der Waals surface area contributed by atoms with Crippen LogP contribution in [-0.4, -0.2) is 17.2 Å². The van der Waals surface area contributed by atoms with Gasteiger partial charge in [-0.3, -0.25) is 4.57 Å². The molecule has 0 amide bonds. The molecule has 2 atom stereocenters. The Balaban J connectivity index is 2.42. The first-order chi connectivity index (χ1) is 8.03. The lowest BCUT2D eigenvalue weighted by molar-refractivity contribution is 0.457. The Labute approximate surface area is 105 Å². The summed E-state index contributed by atoms with van der Waals surface area (Å²) in [7, 11) is -2.94. The minimum atomic E-state index is -2.94. The third kappa shape index (κ3) is 6.05. The lowest BCUT2D eigenvalue weighted by Gasteiger charge is -2.16. The van der Waals surface area contributed by atoms with Crippen LogP contribution in [0.25, 0.3) is 0 Å². The Morgan fingerprint density at radius 2 is 1.94 bits per heavy atom. The molecule has 0 aliphatic rings. The van der Waals surface area contributed by atoms with Crippen LogP contribution in [0.15, 0.2) is 30.3 Å². The van der Waals surface area contributed by atoms with E-state index in [0.29, 0.717) is 24.7 Å². The van der Waals surface area contributed by atoms with Crippen LogP contribution >= 0.6 is 7.37 Å². The average molecular weight is 254 g/mol. The van der Waals surface area contributed by atoms with Gasteiger partial charge in [-0.25, -0.2) is 0 Å². The predicted octanol–water partition coefficient (Wildman–Crippen LogP) is 3.94. The molecule has 0 aliphatic heterocycles. The summed E-state index contributed by atoms with van der Waals surface area (Å²) >= 11 is 0. The summed E-state index contributed by atoms with van der Waals surface area (Å²) in [5.74, 6) is 0.353. The van der Waals surface area contributed by atoms with Crippen LogP contribution in [0.1, 0.15) is 32.3 Å². The lowest BCUT2D eigenvalue weighted by Crippen LogP contribution is -2.06. The number of hydrogen-bond donors (Lipinski definition) is 1. The molecule has 96 valence electrons. The molecule has 0 aromatic heterocycles. The van der Waals surface area contributed by atoms with Crippen molar-refractivity contribution in [2.45, 2.75) is 33.1 Å². The first-order valence-electron chi connectivity index (χ1n) is 6.38. The van der Waals surface area contributed by atoms with E-state index < -0.39 is 7.37 Å². The second-order valence-electron chi connectivity index (χ2n) is 4.88. The molecule has 0 spiro atoms. The van der Waals surface area contributed by atoms with Gasteiger partial charge < -0.3 is 4.89 Å². The fourth-order valence-electron chi connectivity index (χ4n) is 2.11. The van der Waals surface area contributed by atoms with E-state index in [1.54, 1.807) is 0 Å². The van der Waals surface area contributed by atoms with E-state index in [2.05, 4.69) is 13.8 Å². The van der Waals surface area contributed by atoms with Crippen LogP contribution in [-0.2, 0) is 11.0 Å². The third-order valence-corrected chi connectivity index (χ3v) is 5.09. The van der Waals surface area contributed by atoms with Crippen molar-refractivity contribution in [3.63, 3.8) is 0 Å². The van der Waals surface area contributed by atoms with Crippen LogP contribution in [0.5, 0.6) is 0 Å². The highest BCUT2D eigenvalue weighted by Gasteiger charge is 2.20. The molecule has 0 bridgehead atoms. The standard InChI is InChI=1S/C14H23O2P/c1-3-7-13(2)12-17(15,16)11-10-14-8-5-4-6-9-14/h4-6,8-9,13H,3,7,10-12H2,1-2H3,(H,15,16). The van der Waals surface area contributed by atoms with Crippen LogP contribution in [0.2, 0.25) is 0 Å². The summed E-state index contributed by atoms with van der Waals surface area (Å²) in [5.41, 5.74) is 1.14. The van der Waals surface area contributed by atoms with Gasteiger partial charge in [0.1, 0.15) is 0 Å².